The number of imide groups is 2. The van der Waals surface area contributed by atoms with Gasteiger partial charge >= 0.3 is 16.9 Å². The maximum atomic E-state index is 11.3. The minimum absolute atomic E-state index is 0.0783. The van der Waals surface area contributed by atoms with Crippen LogP contribution < -0.4 is 16.6 Å². The van der Waals surface area contributed by atoms with Crippen LogP contribution in [0.25, 0.3) is 0 Å². The average molecular weight is 581 g/mol. The lowest BCUT2D eigenvalue weighted by molar-refractivity contribution is -0.137. The number of halogens is 4. The predicted octanol–water partition coefficient (Wildman–Crippen LogP) is 4.76. The number of H-pyrrole nitrogens is 1. The predicted molar refractivity (Wildman–Crippen MR) is 133 cm³/mol. The van der Waals surface area contributed by atoms with Gasteiger partial charge in [-0.15, -0.1) is 0 Å². The zero-order valence-corrected chi connectivity index (χ0v) is 23.0. The van der Waals surface area contributed by atoms with Gasteiger partial charge in [0.25, 0.3) is 5.56 Å². The van der Waals surface area contributed by atoms with Crippen molar-refractivity contribution < 1.29 is 18.9 Å². The zero-order valence-electron chi connectivity index (χ0n) is 19.1. The third-order valence-electron chi connectivity index (χ3n) is 4.04. The Labute approximate surface area is 216 Å². The van der Waals surface area contributed by atoms with E-state index in [1.807, 2.05) is 20.8 Å². The van der Waals surface area contributed by atoms with Crippen LogP contribution >= 0.6 is 50.5 Å². The molecule has 0 aliphatic carbocycles. The molecule has 4 amide bonds. The molecule has 1 fully saturated rings. The molecule has 192 valence electrons. The van der Waals surface area contributed by atoms with E-state index in [4.69, 9.17) is 16.9 Å². The fourth-order valence-corrected chi connectivity index (χ4v) is 2.44. The number of carbonyl (C=O) groups excluding carboxylic acids is 3. The summed E-state index contributed by atoms with van der Waals surface area (Å²) in [6.07, 6.45) is 1.19. The van der Waals surface area contributed by atoms with Gasteiger partial charge in [0.1, 0.15) is 11.6 Å². The quantitative estimate of drug-likeness (QED) is 0.294. The molecule has 1 aliphatic heterocycles. The van der Waals surface area contributed by atoms with Gasteiger partial charge < -0.3 is 0 Å². The summed E-state index contributed by atoms with van der Waals surface area (Å²) in [7, 11) is 0. The Bertz CT molecular complexity index is 989. The number of hydrogen-bond acceptors (Lipinski definition) is 7. The van der Waals surface area contributed by atoms with Gasteiger partial charge in [0.2, 0.25) is 11.8 Å². The average Bonchev–Trinajstić information content (AvgIpc) is 2.65. The monoisotopic (exact) mass is 579 g/mol. The number of rotatable bonds is 4. The van der Waals surface area contributed by atoms with E-state index < -0.39 is 28.7 Å². The highest BCUT2D eigenvalue weighted by Crippen LogP contribution is 2.61. The Balaban J connectivity index is 0. The molecule has 0 radical (unpaired) electrons. The van der Waals surface area contributed by atoms with Crippen molar-refractivity contribution in [1.82, 2.24) is 19.8 Å². The van der Waals surface area contributed by atoms with Gasteiger partial charge in [0.05, 0.1) is 6.07 Å². The summed E-state index contributed by atoms with van der Waals surface area (Å²) in [5, 5.41) is 6.28. The van der Waals surface area contributed by atoms with Gasteiger partial charge in [0, 0.05) is 25.1 Å². The highest BCUT2D eigenvalue weighted by Gasteiger charge is 2.33. The summed E-state index contributed by atoms with van der Waals surface area (Å²) in [6.45, 7) is 8.80. The van der Waals surface area contributed by atoms with Crippen molar-refractivity contribution in [2.45, 2.75) is 66.0 Å². The highest BCUT2D eigenvalue weighted by molar-refractivity contribution is 8.24. The van der Waals surface area contributed by atoms with Crippen molar-refractivity contribution in [1.29, 1.82) is 5.26 Å². The molecule has 0 saturated carbocycles. The number of hydrogen-bond donors (Lipinski definition) is 2. The van der Waals surface area contributed by atoms with E-state index in [1.54, 1.807) is 13.0 Å². The molecule has 2 rings (SSSR count). The van der Waals surface area contributed by atoms with Crippen LogP contribution in [0.4, 0.5) is 4.79 Å². The first-order valence-corrected chi connectivity index (χ1v) is 14.5. The van der Waals surface area contributed by atoms with Crippen molar-refractivity contribution in [3.8, 4) is 6.07 Å². The van der Waals surface area contributed by atoms with Gasteiger partial charge in [-0.3, -0.25) is 38.7 Å². The smallest absolute Gasteiger partial charge is 0.298 e. The van der Waals surface area contributed by atoms with Crippen LogP contribution in [-0.2, 0) is 14.2 Å². The van der Waals surface area contributed by atoms with E-state index >= 15 is 0 Å². The number of carbonyl (C=O) groups is 3. The first-order chi connectivity index (χ1) is 15.5. The third-order valence-corrected chi connectivity index (χ3v) is 4.25. The number of barbiturate groups is 1. The maximum absolute atomic E-state index is 11.3. The zero-order chi connectivity index (χ0) is 27.2. The number of urea groups is 1. The minimum Gasteiger partial charge on any atom is -0.298 e. The van der Waals surface area contributed by atoms with Gasteiger partial charge in [-0.1, -0.05) is 25.4 Å². The molecule has 0 spiro atoms. The fraction of sp³-hybridized carbons (Fsp3) is 0.556. The van der Waals surface area contributed by atoms with Gasteiger partial charge in [-0.25, -0.2) is 9.59 Å². The summed E-state index contributed by atoms with van der Waals surface area (Å²) < 4.78 is 10.7. The molecule has 1 aromatic heterocycles. The van der Waals surface area contributed by atoms with Crippen molar-refractivity contribution >= 4 is 68.4 Å². The van der Waals surface area contributed by atoms with Crippen LogP contribution in [-0.4, -0.2) is 38.3 Å². The second kappa shape index (κ2) is 16.7. The van der Waals surface area contributed by atoms with E-state index in [-0.39, 0.29) is 29.2 Å². The second-order valence-electron chi connectivity index (χ2n) is 6.56. The molecule has 2 heterocycles. The molecule has 11 nitrogen and oxygen atoms in total. The lowest BCUT2D eigenvalue weighted by Gasteiger charge is -2.29. The Hall–Kier alpha value is -1.83. The Morgan fingerprint density at radius 1 is 1.09 bits per heavy atom. The largest absolute Gasteiger partial charge is 0.339 e. The summed E-state index contributed by atoms with van der Waals surface area (Å²) in [4.78, 5) is 59.3. The van der Waals surface area contributed by atoms with Crippen molar-refractivity contribution in [3.63, 3.8) is 0 Å². The summed E-state index contributed by atoms with van der Waals surface area (Å²) in [6, 6.07) is 2.10. The molecule has 0 bridgehead atoms. The van der Waals surface area contributed by atoms with Crippen molar-refractivity contribution in [2.24, 2.45) is 0 Å². The van der Waals surface area contributed by atoms with Crippen LogP contribution in [0.3, 0.4) is 0 Å². The molecule has 0 aromatic carbocycles. The fourth-order valence-electron chi connectivity index (χ4n) is 2.26. The molecule has 1 aliphatic rings. The summed E-state index contributed by atoms with van der Waals surface area (Å²) >= 11 is 19.4. The normalized spacial score (nSPS) is 14.6. The second-order valence-corrected chi connectivity index (χ2v) is 13.6. The molecule has 1 aromatic rings. The molecule has 1 saturated heterocycles. The van der Waals surface area contributed by atoms with Crippen molar-refractivity contribution in [2.75, 3.05) is 0 Å². The molecular formula is C18H26Cl4N5O6P. The molecular weight excluding hydrogens is 555 g/mol. The van der Waals surface area contributed by atoms with E-state index in [0.29, 0.717) is 6.42 Å². The number of nitriles is 1. The van der Waals surface area contributed by atoms with Crippen LogP contribution in [0, 0.1) is 11.3 Å². The lowest BCUT2D eigenvalue weighted by Crippen LogP contribution is -2.55. The van der Waals surface area contributed by atoms with Crippen LogP contribution in [0.5, 0.6) is 0 Å². The third kappa shape index (κ3) is 14.4. The van der Waals surface area contributed by atoms with Gasteiger partial charge in [0.15, 0.2) is 0 Å². The summed E-state index contributed by atoms with van der Waals surface area (Å²) in [5.41, 5.74) is -0.810. The SMILES string of the molecule is CC#N.CC[C@@H](C)N1C(=O)CC(=O)NC1=O.CC[C@@H](C)n1c(=O)cc(Cl)[nH]c1=O.O=P(Cl)(Cl)Cl. The molecule has 0 unspecified atom stereocenters. The number of amides is 4. The van der Waals surface area contributed by atoms with Gasteiger partial charge in [-0.2, -0.15) is 5.26 Å². The topological polar surface area (TPSA) is 162 Å². The van der Waals surface area contributed by atoms with E-state index in [0.717, 1.165) is 15.9 Å². The molecule has 34 heavy (non-hydrogen) atoms. The molecule has 2 atom stereocenters. The Morgan fingerprint density at radius 3 is 1.88 bits per heavy atom. The number of aromatic amines is 1. The Kier molecular flexibility index (Phi) is 16.9. The number of aromatic nitrogens is 2. The van der Waals surface area contributed by atoms with E-state index in [1.165, 1.54) is 13.0 Å². The van der Waals surface area contributed by atoms with Crippen LogP contribution in [0.1, 0.15) is 59.9 Å². The first-order valence-electron chi connectivity index (χ1n) is 9.70. The maximum Gasteiger partial charge on any atom is 0.339 e. The van der Waals surface area contributed by atoms with E-state index in [2.05, 4.69) is 44.0 Å². The lowest BCUT2D eigenvalue weighted by atomic mass is 10.2. The summed E-state index contributed by atoms with van der Waals surface area (Å²) in [5.74, 6) is -0.933. The van der Waals surface area contributed by atoms with Crippen LogP contribution in [0.15, 0.2) is 15.7 Å². The van der Waals surface area contributed by atoms with E-state index in [9.17, 15) is 28.5 Å². The Morgan fingerprint density at radius 2 is 1.53 bits per heavy atom. The highest BCUT2D eigenvalue weighted by atomic mass is 36.0. The van der Waals surface area contributed by atoms with Gasteiger partial charge in [-0.05, 0) is 60.4 Å². The standard InChI is InChI=1S/C8H11ClN2O2.C8H12N2O3.C2H3N.Cl3OP/c1-3-5(2)11-7(12)4-6(9)10-8(11)13;1-3-5(2)10-7(12)4-6(11)9-8(10)13;1-2-3;1-5(2,3)4/h4-5H,3H2,1-2H3,(H,10,13);5H,3-4H2,1-2H3,(H,9,11,13);1H3;/t2*5-;;/m11../s1. The molecule has 2 N–H and O–H groups in total. The first kappa shape index (κ1) is 34.3. The molecule has 16 heteroatoms. The van der Waals surface area contributed by atoms with Crippen molar-refractivity contribution in [3.05, 3.63) is 32.1 Å². The number of nitrogens with zero attached hydrogens (tertiary/aromatic N) is 3. The van der Waals surface area contributed by atoms with Crippen LogP contribution in [0.2, 0.25) is 5.15 Å². The number of nitrogens with one attached hydrogen (secondary N) is 2. The minimum atomic E-state index is -3.22.